The highest BCUT2D eigenvalue weighted by Gasteiger charge is 2.18. The number of likely N-dealkylation sites (N-methyl/N-ethyl adjacent to an activating group) is 1. The van der Waals surface area contributed by atoms with Crippen LogP contribution in [0.3, 0.4) is 0 Å². The third-order valence-corrected chi connectivity index (χ3v) is 4.12. The zero-order chi connectivity index (χ0) is 22.3. The maximum absolute atomic E-state index is 12.1. The van der Waals surface area contributed by atoms with Crippen molar-refractivity contribution >= 4 is 29.2 Å². The summed E-state index contributed by atoms with van der Waals surface area (Å²) in [5, 5.41) is 13.5. The first-order chi connectivity index (χ1) is 14.2. The second-order valence-electron chi connectivity index (χ2n) is 6.36. The molecule has 0 bridgehead atoms. The van der Waals surface area contributed by atoms with Crippen molar-refractivity contribution in [2.24, 2.45) is 0 Å². The number of nitro groups is 1. The van der Waals surface area contributed by atoms with Crippen LogP contribution in [0.1, 0.15) is 15.9 Å². The summed E-state index contributed by atoms with van der Waals surface area (Å²) in [6, 6.07) is 10.5. The Morgan fingerprint density at radius 2 is 1.90 bits per heavy atom. The van der Waals surface area contributed by atoms with Crippen LogP contribution in [-0.2, 0) is 14.3 Å². The molecule has 0 aliphatic heterocycles. The number of hydrogen-bond donors (Lipinski definition) is 1. The zero-order valence-corrected chi connectivity index (χ0v) is 16.7. The molecule has 10 nitrogen and oxygen atoms in total. The molecule has 1 N–H and O–H groups in total. The van der Waals surface area contributed by atoms with Crippen LogP contribution >= 0.6 is 0 Å². The summed E-state index contributed by atoms with van der Waals surface area (Å²) in [6.07, 6.45) is 0. The van der Waals surface area contributed by atoms with Crippen molar-refractivity contribution in [2.75, 3.05) is 32.6 Å². The van der Waals surface area contributed by atoms with Crippen LogP contribution in [0.5, 0.6) is 5.75 Å². The second-order valence-corrected chi connectivity index (χ2v) is 6.36. The highest BCUT2D eigenvalue weighted by atomic mass is 16.6. The molecule has 0 spiro atoms. The van der Waals surface area contributed by atoms with Crippen molar-refractivity contribution in [3.8, 4) is 5.75 Å². The van der Waals surface area contributed by atoms with Crippen LogP contribution < -0.4 is 10.1 Å². The molecule has 0 fully saturated rings. The summed E-state index contributed by atoms with van der Waals surface area (Å²) in [5.41, 5.74) is 0.779. The number of esters is 1. The minimum Gasteiger partial charge on any atom is -0.497 e. The Hall–Kier alpha value is -3.95. The fourth-order valence-corrected chi connectivity index (χ4v) is 2.51. The van der Waals surface area contributed by atoms with Gasteiger partial charge in [-0.2, -0.15) is 0 Å². The minimum absolute atomic E-state index is 0.0873. The monoisotopic (exact) mass is 415 g/mol. The first-order valence-corrected chi connectivity index (χ1v) is 8.81. The van der Waals surface area contributed by atoms with E-state index < -0.39 is 29.3 Å². The SMILES string of the molecule is COc1cccc(NC(=O)CN(C)C(=O)COC(=O)c2ccc([N+](=O)[O-])c(C)c2)c1. The first kappa shape index (κ1) is 22.3. The van der Waals surface area contributed by atoms with Gasteiger partial charge in [0.05, 0.1) is 24.1 Å². The van der Waals surface area contributed by atoms with Gasteiger partial charge in [0.15, 0.2) is 6.61 Å². The maximum atomic E-state index is 12.1. The van der Waals surface area contributed by atoms with Gasteiger partial charge in [-0.1, -0.05) is 6.07 Å². The van der Waals surface area contributed by atoms with Gasteiger partial charge in [-0.25, -0.2) is 4.79 Å². The molecule has 2 amide bonds. The molecular formula is C20H21N3O7. The van der Waals surface area contributed by atoms with Crippen LogP contribution in [0.15, 0.2) is 42.5 Å². The van der Waals surface area contributed by atoms with Crippen molar-refractivity contribution in [1.82, 2.24) is 4.90 Å². The molecule has 0 heterocycles. The van der Waals surface area contributed by atoms with E-state index in [1.807, 2.05) is 0 Å². The molecule has 2 aromatic carbocycles. The Balaban J connectivity index is 1.86. The number of rotatable bonds is 8. The third kappa shape index (κ3) is 6.03. The molecule has 0 aromatic heterocycles. The fraction of sp³-hybridized carbons (Fsp3) is 0.250. The van der Waals surface area contributed by atoms with Crippen molar-refractivity contribution in [3.05, 3.63) is 63.7 Å². The number of nitro benzene ring substituents is 1. The number of amides is 2. The lowest BCUT2D eigenvalue weighted by Crippen LogP contribution is -2.37. The highest BCUT2D eigenvalue weighted by Crippen LogP contribution is 2.19. The average molecular weight is 415 g/mol. The van der Waals surface area contributed by atoms with Crippen LogP contribution in [0.4, 0.5) is 11.4 Å². The molecule has 30 heavy (non-hydrogen) atoms. The van der Waals surface area contributed by atoms with E-state index in [2.05, 4.69) is 5.32 Å². The minimum atomic E-state index is -0.796. The number of anilines is 1. The van der Waals surface area contributed by atoms with E-state index >= 15 is 0 Å². The number of carbonyl (C=O) groups is 3. The fourth-order valence-electron chi connectivity index (χ4n) is 2.51. The molecule has 2 aromatic rings. The van der Waals surface area contributed by atoms with Crippen LogP contribution in [0.2, 0.25) is 0 Å². The van der Waals surface area contributed by atoms with Gasteiger partial charge in [-0.3, -0.25) is 19.7 Å². The molecular weight excluding hydrogens is 394 g/mol. The number of aryl methyl sites for hydroxylation is 1. The second kappa shape index (κ2) is 10.0. The lowest BCUT2D eigenvalue weighted by molar-refractivity contribution is -0.385. The summed E-state index contributed by atoms with van der Waals surface area (Å²) >= 11 is 0. The molecule has 0 atom stereocenters. The lowest BCUT2D eigenvalue weighted by Gasteiger charge is -2.17. The topological polar surface area (TPSA) is 128 Å². The number of nitrogens with zero attached hydrogens (tertiary/aromatic N) is 2. The molecule has 0 aliphatic rings. The van der Waals surface area contributed by atoms with Crippen LogP contribution in [0.25, 0.3) is 0 Å². The first-order valence-electron chi connectivity index (χ1n) is 8.81. The van der Waals surface area contributed by atoms with E-state index in [4.69, 9.17) is 9.47 Å². The van der Waals surface area contributed by atoms with Gasteiger partial charge < -0.3 is 19.7 Å². The van der Waals surface area contributed by atoms with Gasteiger partial charge >= 0.3 is 5.97 Å². The molecule has 2 rings (SSSR count). The summed E-state index contributed by atoms with van der Waals surface area (Å²) < 4.78 is 10.0. The maximum Gasteiger partial charge on any atom is 0.338 e. The van der Waals surface area contributed by atoms with E-state index in [1.54, 1.807) is 24.3 Å². The largest absolute Gasteiger partial charge is 0.497 e. The van der Waals surface area contributed by atoms with Crippen LogP contribution in [0, 0.1) is 17.0 Å². The average Bonchev–Trinajstić information content (AvgIpc) is 2.71. The van der Waals surface area contributed by atoms with E-state index in [1.165, 1.54) is 39.3 Å². The van der Waals surface area contributed by atoms with Crippen molar-refractivity contribution < 1.29 is 28.8 Å². The highest BCUT2D eigenvalue weighted by molar-refractivity contribution is 5.95. The molecule has 158 valence electrons. The van der Waals surface area contributed by atoms with E-state index in [0.29, 0.717) is 17.0 Å². The van der Waals surface area contributed by atoms with Crippen molar-refractivity contribution in [3.63, 3.8) is 0 Å². The molecule has 0 aliphatic carbocycles. The van der Waals surface area contributed by atoms with Crippen LogP contribution in [-0.4, -0.2) is 54.9 Å². The van der Waals surface area contributed by atoms with Gasteiger partial charge in [0.1, 0.15) is 5.75 Å². The quantitative estimate of drug-likeness (QED) is 0.397. The summed E-state index contributed by atoms with van der Waals surface area (Å²) in [4.78, 5) is 47.7. The van der Waals surface area contributed by atoms with Gasteiger partial charge in [0, 0.05) is 30.4 Å². The predicted molar refractivity (Wildman–Crippen MR) is 107 cm³/mol. The molecule has 0 saturated carbocycles. The van der Waals surface area contributed by atoms with E-state index in [9.17, 15) is 24.5 Å². The Bertz CT molecular complexity index is 975. The smallest absolute Gasteiger partial charge is 0.338 e. The number of methoxy groups -OCH3 is 1. The Labute approximate surface area is 172 Å². The normalized spacial score (nSPS) is 10.1. The number of nitrogens with one attached hydrogen (secondary N) is 1. The zero-order valence-electron chi connectivity index (χ0n) is 16.7. The Morgan fingerprint density at radius 3 is 2.53 bits per heavy atom. The number of ether oxygens (including phenoxy) is 2. The predicted octanol–water partition coefficient (Wildman–Crippen LogP) is 2.17. The third-order valence-electron chi connectivity index (χ3n) is 4.12. The van der Waals surface area contributed by atoms with Gasteiger partial charge in [-0.15, -0.1) is 0 Å². The summed E-state index contributed by atoms with van der Waals surface area (Å²) in [5.74, 6) is -1.24. The number of hydrogen-bond acceptors (Lipinski definition) is 7. The Morgan fingerprint density at radius 1 is 1.17 bits per heavy atom. The van der Waals surface area contributed by atoms with Crippen molar-refractivity contribution in [1.29, 1.82) is 0 Å². The standard InChI is InChI=1S/C20H21N3O7/c1-13-9-14(7-8-17(13)23(27)28)20(26)30-12-19(25)22(2)11-18(24)21-15-5-4-6-16(10-15)29-3/h4-10H,11-12H2,1-3H3,(H,21,24). The summed E-state index contributed by atoms with van der Waals surface area (Å²) in [7, 11) is 2.91. The Kier molecular flexibility index (Phi) is 7.45. The van der Waals surface area contributed by atoms with E-state index in [-0.39, 0.29) is 17.8 Å². The molecule has 0 unspecified atom stereocenters. The van der Waals surface area contributed by atoms with Crippen molar-refractivity contribution in [2.45, 2.75) is 6.92 Å². The molecule has 0 saturated heterocycles. The van der Waals surface area contributed by atoms with Gasteiger partial charge in [0.25, 0.3) is 11.6 Å². The van der Waals surface area contributed by atoms with E-state index in [0.717, 1.165) is 4.90 Å². The van der Waals surface area contributed by atoms with Gasteiger partial charge in [0.2, 0.25) is 5.91 Å². The number of benzene rings is 2. The lowest BCUT2D eigenvalue weighted by atomic mass is 10.1. The number of carbonyl (C=O) groups excluding carboxylic acids is 3. The molecule has 0 radical (unpaired) electrons. The summed E-state index contributed by atoms with van der Waals surface area (Å²) in [6.45, 7) is 0.677. The van der Waals surface area contributed by atoms with Gasteiger partial charge in [-0.05, 0) is 31.2 Å². The molecule has 10 heteroatoms.